The standard InChI is InChI=1S/C31H36Cl2N2O5/c1-19-26(22-7-6-8-22)29(38)27(20(2)28(19)37)31(3,4)18-25(36)34-24(30(39)40-5)17-21-9-11-23(12-10-21)35(15-13-32)16-14-33/h6-12,24H,13-18H2,1-5H3,(H,34,36). The van der Waals surface area contributed by atoms with Crippen molar-refractivity contribution >= 4 is 52.3 Å². The minimum absolute atomic E-state index is 0.0991. The number of methoxy groups -OCH3 is 1. The smallest absolute Gasteiger partial charge is 0.328 e. The van der Waals surface area contributed by atoms with Gasteiger partial charge in [-0.05, 0) is 37.1 Å². The van der Waals surface area contributed by atoms with Crippen molar-refractivity contribution in [3.63, 3.8) is 0 Å². The number of halogens is 2. The molecule has 2 aliphatic carbocycles. The Balaban J connectivity index is 1.75. The number of Topliss-reactive ketones (excluding diaryl/α,β-unsaturated/α-hetero) is 2. The highest BCUT2D eigenvalue weighted by Gasteiger charge is 2.41. The van der Waals surface area contributed by atoms with Crippen molar-refractivity contribution in [2.75, 3.05) is 36.9 Å². The van der Waals surface area contributed by atoms with Gasteiger partial charge in [-0.25, -0.2) is 4.79 Å². The Bertz CT molecular complexity index is 1300. The van der Waals surface area contributed by atoms with E-state index in [1.165, 1.54) is 7.11 Å². The van der Waals surface area contributed by atoms with E-state index in [1.807, 2.05) is 30.3 Å². The Hall–Kier alpha value is -3.16. The third-order valence-corrected chi connectivity index (χ3v) is 7.61. The van der Waals surface area contributed by atoms with E-state index in [4.69, 9.17) is 27.9 Å². The number of ether oxygens (including phenoxy) is 1. The SMILES string of the molecule is COC(=O)C(Cc1ccc(N(CCCl)CCCl)cc1)NC(=O)CC(C)(C)C1=C(C)C(=O)C(C)=C(C2=CC=C2)C1=O. The van der Waals surface area contributed by atoms with Crippen molar-refractivity contribution in [3.8, 4) is 0 Å². The molecule has 1 N–H and O–H groups in total. The maximum absolute atomic E-state index is 13.6. The molecular weight excluding hydrogens is 551 g/mol. The van der Waals surface area contributed by atoms with Crippen molar-refractivity contribution in [2.24, 2.45) is 5.41 Å². The number of nitrogens with zero attached hydrogens (tertiary/aromatic N) is 1. The van der Waals surface area contributed by atoms with Crippen molar-refractivity contribution in [1.82, 2.24) is 5.32 Å². The van der Waals surface area contributed by atoms with Crippen molar-refractivity contribution in [3.05, 3.63) is 75.9 Å². The number of amides is 1. The van der Waals surface area contributed by atoms with E-state index in [-0.39, 0.29) is 24.4 Å². The summed E-state index contributed by atoms with van der Waals surface area (Å²) in [7, 11) is 1.27. The second kappa shape index (κ2) is 13.5. The molecule has 3 rings (SSSR count). The topological polar surface area (TPSA) is 92.8 Å². The van der Waals surface area contributed by atoms with Crippen LogP contribution in [0.4, 0.5) is 5.69 Å². The highest BCUT2D eigenvalue weighted by Crippen LogP contribution is 2.41. The lowest BCUT2D eigenvalue weighted by Crippen LogP contribution is -2.45. The Labute approximate surface area is 245 Å². The van der Waals surface area contributed by atoms with Crippen LogP contribution in [0.25, 0.3) is 0 Å². The summed E-state index contributed by atoms with van der Waals surface area (Å²) in [5.74, 6) is -0.522. The van der Waals surface area contributed by atoms with E-state index in [0.717, 1.165) is 11.3 Å². The van der Waals surface area contributed by atoms with Crippen LogP contribution >= 0.6 is 23.2 Å². The molecule has 40 heavy (non-hydrogen) atoms. The van der Waals surface area contributed by atoms with Gasteiger partial charge >= 0.3 is 5.97 Å². The van der Waals surface area contributed by atoms with Crippen molar-refractivity contribution in [1.29, 1.82) is 0 Å². The van der Waals surface area contributed by atoms with Gasteiger partial charge in [-0.3, -0.25) is 14.4 Å². The number of carbonyl (C=O) groups excluding carboxylic acids is 4. The van der Waals surface area contributed by atoms with Gasteiger partial charge in [0.1, 0.15) is 6.04 Å². The minimum Gasteiger partial charge on any atom is -0.467 e. The molecule has 214 valence electrons. The number of hydrogen-bond acceptors (Lipinski definition) is 6. The van der Waals surface area contributed by atoms with Gasteiger partial charge < -0.3 is 15.0 Å². The van der Waals surface area contributed by atoms with Crippen LogP contribution in [0.15, 0.2) is 70.4 Å². The number of rotatable bonds is 13. The van der Waals surface area contributed by atoms with E-state index < -0.39 is 23.3 Å². The van der Waals surface area contributed by atoms with Gasteiger partial charge in [0.15, 0.2) is 11.6 Å². The van der Waals surface area contributed by atoms with Crippen LogP contribution < -0.4 is 10.2 Å². The lowest BCUT2D eigenvalue weighted by Gasteiger charge is -2.33. The average molecular weight is 588 g/mol. The molecular formula is C31H36Cl2N2O5. The van der Waals surface area contributed by atoms with Gasteiger partial charge in [0.2, 0.25) is 5.91 Å². The number of ketones is 2. The predicted molar refractivity (Wildman–Crippen MR) is 159 cm³/mol. The molecule has 7 nitrogen and oxygen atoms in total. The first-order valence-corrected chi connectivity index (χ1v) is 14.3. The van der Waals surface area contributed by atoms with Crippen LogP contribution in [0, 0.1) is 5.41 Å². The molecule has 0 saturated heterocycles. The molecule has 0 heterocycles. The van der Waals surface area contributed by atoms with Crippen LogP contribution in [0.5, 0.6) is 0 Å². The number of anilines is 1. The summed E-state index contributed by atoms with van der Waals surface area (Å²) in [6, 6.07) is 6.69. The van der Waals surface area contributed by atoms with Crippen LogP contribution in [0.2, 0.25) is 0 Å². The summed E-state index contributed by atoms with van der Waals surface area (Å²) < 4.78 is 4.96. The second-order valence-corrected chi connectivity index (χ2v) is 11.3. The van der Waals surface area contributed by atoms with Gasteiger partial charge in [-0.2, -0.15) is 0 Å². The third-order valence-electron chi connectivity index (χ3n) is 7.28. The zero-order valence-corrected chi connectivity index (χ0v) is 25.1. The molecule has 1 atom stereocenters. The van der Waals surface area contributed by atoms with E-state index in [0.29, 0.717) is 52.7 Å². The summed E-state index contributed by atoms with van der Waals surface area (Å²) >= 11 is 11.8. The molecule has 2 aliphatic rings. The maximum Gasteiger partial charge on any atom is 0.328 e. The Morgan fingerprint density at radius 3 is 2.10 bits per heavy atom. The molecule has 1 unspecified atom stereocenters. The predicted octanol–water partition coefficient (Wildman–Crippen LogP) is 4.87. The Morgan fingerprint density at radius 1 is 1.00 bits per heavy atom. The summed E-state index contributed by atoms with van der Waals surface area (Å²) in [5, 5.41) is 2.78. The van der Waals surface area contributed by atoms with Gasteiger partial charge in [-0.15, -0.1) is 23.2 Å². The van der Waals surface area contributed by atoms with Gasteiger partial charge in [0, 0.05) is 71.1 Å². The molecule has 9 heteroatoms. The largest absolute Gasteiger partial charge is 0.467 e. The summed E-state index contributed by atoms with van der Waals surface area (Å²) in [5.41, 5.74) is 2.99. The van der Waals surface area contributed by atoms with Gasteiger partial charge in [0.05, 0.1) is 7.11 Å². The van der Waals surface area contributed by atoms with Crippen molar-refractivity contribution < 1.29 is 23.9 Å². The molecule has 1 aromatic carbocycles. The number of allylic oxidation sites excluding steroid dienone is 8. The molecule has 1 aromatic rings. The zero-order valence-electron chi connectivity index (χ0n) is 23.6. The first-order chi connectivity index (χ1) is 18.9. The zero-order chi connectivity index (χ0) is 29.6. The number of esters is 1. The van der Waals surface area contributed by atoms with Crippen LogP contribution in [-0.2, 0) is 30.3 Å². The molecule has 1 amide bonds. The van der Waals surface area contributed by atoms with Crippen molar-refractivity contribution in [2.45, 2.75) is 46.6 Å². The van der Waals surface area contributed by atoms with Crippen LogP contribution in [0.3, 0.4) is 0 Å². The van der Waals surface area contributed by atoms with Crippen LogP contribution in [-0.4, -0.2) is 61.4 Å². The number of nitrogens with one attached hydrogen (secondary N) is 1. The lowest BCUT2D eigenvalue weighted by molar-refractivity contribution is -0.145. The molecule has 0 spiro atoms. The highest BCUT2D eigenvalue weighted by atomic mass is 35.5. The number of benzene rings is 1. The molecule has 0 radical (unpaired) electrons. The van der Waals surface area contributed by atoms with E-state index >= 15 is 0 Å². The molecule has 0 aliphatic heterocycles. The fraction of sp³-hybridized carbons (Fsp3) is 0.419. The summed E-state index contributed by atoms with van der Waals surface area (Å²) in [6.07, 6.45) is 5.52. The normalized spacial score (nSPS) is 16.0. The second-order valence-electron chi connectivity index (χ2n) is 10.6. The lowest BCUT2D eigenvalue weighted by atomic mass is 9.69. The van der Waals surface area contributed by atoms with E-state index in [2.05, 4.69) is 10.2 Å². The monoisotopic (exact) mass is 586 g/mol. The van der Waals surface area contributed by atoms with E-state index in [9.17, 15) is 19.2 Å². The number of carbonyl (C=O) groups is 4. The quantitative estimate of drug-likeness (QED) is 0.201. The third kappa shape index (κ3) is 6.94. The summed E-state index contributed by atoms with van der Waals surface area (Å²) in [4.78, 5) is 54.5. The molecule has 0 aromatic heterocycles. The Morgan fingerprint density at radius 2 is 1.60 bits per heavy atom. The van der Waals surface area contributed by atoms with Gasteiger partial charge in [0.25, 0.3) is 0 Å². The number of alkyl halides is 2. The maximum atomic E-state index is 13.6. The molecule has 0 fully saturated rings. The van der Waals surface area contributed by atoms with E-state index in [1.54, 1.807) is 39.8 Å². The van der Waals surface area contributed by atoms with Gasteiger partial charge in [-0.1, -0.05) is 44.2 Å². The highest BCUT2D eigenvalue weighted by molar-refractivity contribution is 6.27. The number of hydrogen-bond donors (Lipinski definition) is 1. The van der Waals surface area contributed by atoms with Crippen LogP contribution in [0.1, 0.15) is 39.7 Å². The molecule has 0 saturated carbocycles. The summed E-state index contributed by atoms with van der Waals surface area (Å²) in [6.45, 7) is 8.11. The first kappa shape index (κ1) is 31.4. The Kier molecular flexibility index (Phi) is 10.6. The minimum atomic E-state index is -0.961. The fourth-order valence-corrected chi connectivity index (χ4v) is 5.63. The first-order valence-electron chi connectivity index (χ1n) is 13.2. The fourth-order valence-electron chi connectivity index (χ4n) is 5.22. The average Bonchev–Trinajstić information content (AvgIpc) is 2.87. The molecule has 0 bridgehead atoms.